The molecular weight excluding hydrogens is 304 g/mol. The van der Waals surface area contributed by atoms with E-state index in [2.05, 4.69) is 51.1 Å². The molecule has 0 atom stereocenters. The van der Waals surface area contributed by atoms with E-state index < -0.39 is 0 Å². The zero-order valence-electron chi connectivity index (χ0n) is 16.6. The molecule has 0 amide bonds. The van der Waals surface area contributed by atoms with E-state index in [1.165, 1.54) is 79.7 Å². The van der Waals surface area contributed by atoms with Crippen molar-refractivity contribution in [2.45, 2.75) is 85.0 Å². The van der Waals surface area contributed by atoms with Crippen molar-refractivity contribution in [2.24, 2.45) is 0 Å². The predicted molar refractivity (Wildman–Crippen MR) is 111 cm³/mol. The smallest absolute Gasteiger partial charge is 0.130 e. The minimum Gasteiger partial charge on any atom is -0.493 e. The summed E-state index contributed by atoms with van der Waals surface area (Å²) in [6.07, 6.45) is 13.6. The fourth-order valence-corrected chi connectivity index (χ4v) is 3.66. The van der Waals surface area contributed by atoms with Crippen molar-refractivity contribution < 1.29 is 4.74 Å². The summed E-state index contributed by atoms with van der Waals surface area (Å²) in [5, 5.41) is 2.57. The maximum absolute atomic E-state index is 6.18. The molecule has 2 aromatic rings. The number of hydrogen-bond acceptors (Lipinski definition) is 1. The Hall–Kier alpha value is -1.50. The van der Waals surface area contributed by atoms with Gasteiger partial charge in [0.1, 0.15) is 5.75 Å². The topological polar surface area (TPSA) is 9.23 Å². The van der Waals surface area contributed by atoms with Crippen LogP contribution in [0.5, 0.6) is 5.75 Å². The third-order valence-corrected chi connectivity index (χ3v) is 5.13. The van der Waals surface area contributed by atoms with E-state index in [4.69, 9.17) is 4.74 Å². The number of benzene rings is 2. The monoisotopic (exact) mass is 340 g/mol. The number of aryl methyl sites for hydroxylation is 2. The molecule has 0 saturated carbocycles. The maximum Gasteiger partial charge on any atom is 0.130 e. The van der Waals surface area contributed by atoms with Crippen LogP contribution < -0.4 is 4.74 Å². The molecule has 0 spiro atoms. The summed E-state index contributed by atoms with van der Waals surface area (Å²) in [4.78, 5) is 0. The van der Waals surface area contributed by atoms with Crippen LogP contribution in [-0.2, 0) is 0 Å². The second-order valence-corrected chi connectivity index (χ2v) is 7.42. The Morgan fingerprint density at radius 1 is 0.680 bits per heavy atom. The molecule has 0 bridgehead atoms. The van der Waals surface area contributed by atoms with Crippen molar-refractivity contribution >= 4 is 10.8 Å². The normalized spacial score (nSPS) is 11.2. The summed E-state index contributed by atoms with van der Waals surface area (Å²) < 4.78 is 6.18. The summed E-state index contributed by atoms with van der Waals surface area (Å²) in [6, 6.07) is 10.8. The number of ether oxygens (including phenoxy) is 1. The van der Waals surface area contributed by atoms with Crippen LogP contribution in [0.4, 0.5) is 0 Å². The first-order chi connectivity index (χ1) is 12.2. The van der Waals surface area contributed by atoms with Crippen LogP contribution in [0.25, 0.3) is 10.8 Å². The number of fused-ring (bicyclic) bond motifs is 1. The standard InChI is InChI=1S/C24H36O/c1-4-5-6-7-8-9-10-11-12-15-18-25-24-21(3)19-20(2)22-16-13-14-17-23(22)24/h13-14,16-17,19H,4-12,15,18H2,1-3H3. The van der Waals surface area contributed by atoms with Crippen molar-refractivity contribution in [3.63, 3.8) is 0 Å². The lowest BCUT2D eigenvalue weighted by Crippen LogP contribution is -2.00. The Balaban J connectivity index is 1.67. The van der Waals surface area contributed by atoms with Crippen LogP contribution in [0.3, 0.4) is 0 Å². The molecule has 0 fully saturated rings. The molecule has 2 rings (SSSR count). The van der Waals surface area contributed by atoms with Crippen LogP contribution in [0.1, 0.15) is 82.3 Å². The molecule has 2 aromatic carbocycles. The first-order valence-electron chi connectivity index (χ1n) is 10.4. The highest BCUT2D eigenvalue weighted by molar-refractivity contribution is 5.92. The molecule has 0 N–H and O–H groups in total. The van der Waals surface area contributed by atoms with Gasteiger partial charge in [0.05, 0.1) is 6.61 Å². The van der Waals surface area contributed by atoms with E-state index in [0.29, 0.717) is 0 Å². The van der Waals surface area contributed by atoms with Gasteiger partial charge in [-0.05, 0) is 36.8 Å². The van der Waals surface area contributed by atoms with Gasteiger partial charge in [-0.25, -0.2) is 0 Å². The van der Waals surface area contributed by atoms with Gasteiger partial charge in [0.2, 0.25) is 0 Å². The fraction of sp³-hybridized carbons (Fsp3) is 0.583. The van der Waals surface area contributed by atoms with E-state index in [-0.39, 0.29) is 0 Å². The minimum atomic E-state index is 0.838. The van der Waals surface area contributed by atoms with E-state index in [1.54, 1.807) is 0 Å². The van der Waals surface area contributed by atoms with E-state index in [1.807, 2.05) is 0 Å². The lowest BCUT2D eigenvalue weighted by atomic mass is 10.0. The first-order valence-corrected chi connectivity index (χ1v) is 10.4. The van der Waals surface area contributed by atoms with Crippen LogP contribution >= 0.6 is 0 Å². The molecule has 138 valence electrons. The zero-order valence-corrected chi connectivity index (χ0v) is 16.6. The van der Waals surface area contributed by atoms with E-state index >= 15 is 0 Å². The lowest BCUT2D eigenvalue weighted by Gasteiger charge is -2.14. The quantitative estimate of drug-likeness (QED) is 0.359. The van der Waals surface area contributed by atoms with Crippen LogP contribution in [-0.4, -0.2) is 6.61 Å². The Kier molecular flexibility index (Phi) is 8.86. The second kappa shape index (κ2) is 11.2. The summed E-state index contributed by atoms with van der Waals surface area (Å²) in [7, 11) is 0. The molecule has 0 aliphatic rings. The Morgan fingerprint density at radius 3 is 1.88 bits per heavy atom. The van der Waals surface area contributed by atoms with Gasteiger partial charge in [0, 0.05) is 5.39 Å². The van der Waals surface area contributed by atoms with E-state index in [9.17, 15) is 0 Å². The van der Waals surface area contributed by atoms with Gasteiger partial charge in [-0.1, -0.05) is 95.0 Å². The zero-order chi connectivity index (χ0) is 17.9. The van der Waals surface area contributed by atoms with Crippen molar-refractivity contribution in [2.75, 3.05) is 6.61 Å². The third-order valence-electron chi connectivity index (χ3n) is 5.13. The summed E-state index contributed by atoms with van der Waals surface area (Å²) in [6.45, 7) is 7.46. The molecule has 1 heteroatoms. The molecule has 25 heavy (non-hydrogen) atoms. The number of hydrogen-bond donors (Lipinski definition) is 0. The fourth-order valence-electron chi connectivity index (χ4n) is 3.66. The molecule has 0 aliphatic heterocycles. The highest BCUT2D eigenvalue weighted by atomic mass is 16.5. The summed E-state index contributed by atoms with van der Waals surface area (Å²) in [5.74, 6) is 1.08. The minimum absolute atomic E-state index is 0.838. The van der Waals surface area contributed by atoms with Crippen molar-refractivity contribution in [1.29, 1.82) is 0 Å². The molecule has 0 unspecified atom stereocenters. The van der Waals surface area contributed by atoms with Crippen LogP contribution in [0, 0.1) is 13.8 Å². The Bertz CT molecular complexity index is 629. The number of rotatable bonds is 12. The van der Waals surface area contributed by atoms with Gasteiger partial charge in [0.25, 0.3) is 0 Å². The van der Waals surface area contributed by atoms with Gasteiger partial charge in [-0.2, -0.15) is 0 Å². The third kappa shape index (κ3) is 6.38. The van der Waals surface area contributed by atoms with Gasteiger partial charge < -0.3 is 4.74 Å². The lowest BCUT2D eigenvalue weighted by molar-refractivity contribution is 0.306. The molecule has 0 radical (unpaired) electrons. The highest BCUT2D eigenvalue weighted by Gasteiger charge is 2.08. The average molecular weight is 341 g/mol. The van der Waals surface area contributed by atoms with Crippen LogP contribution in [0.15, 0.2) is 30.3 Å². The first kappa shape index (κ1) is 19.8. The molecule has 0 aromatic heterocycles. The van der Waals surface area contributed by atoms with Crippen molar-refractivity contribution in [3.05, 3.63) is 41.5 Å². The maximum atomic E-state index is 6.18. The van der Waals surface area contributed by atoms with Gasteiger partial charge in [-0.15, -0.1) is 0 Å². The molecular formula is C24H36O. The largest absolute Gasteiger partial charge is 0.493 e. The number of unbranched alkanes of at least 4 members (excludes halogenated alkanes) is 9. The highest BCUT2D eigenvalue weighted by Crippen LogP contribution is 2.32. The van der Waals surface area contributed by atoms with Gasteiger partial charge in [0.15, 0.2) is 0 Å². The van der Waals surface area contributed by atoms with Crippen molar-refractivity contribution in [1.82, 2.24) is 0 Å². The second-order valence-electron chi connectivity index (χ2n) is 7.42. The summed E-state index contributed by atoms with van der Waals surface area (Å²) >= 11 is 0. The molecule has 0 aliphatic carbocycles. The SMILES string of the molecule is CCCCCCCCCCCCOc1c(C)cc(C)c2ccccc12. The van der Waals surface area contributed by atoms with Gasteiger partial charge >= 0.3 is 0 Å². The molecule has 1 nitrogen and oxygen atoms in total. The Labute approximate surface area is 154 Å². The van der Waals surface area contributed by atoms with E-state index in [0.717, 1.165) is 18.8 Å². The predicted octanol–water partition coefficient (Wildman–Crippen LogP) is 7.76. The van der Waals surface area contributed by atoms with Crippen LogP contribution in [0.2, 0.25) is 0 Å². The molecule has 0 saturated heterocycles. The average Bonchev–Trinajstić information content (AvgIpc) is 2.62. The van der Waals surface area contributed by atoms with Crippen molar-refractivity contribution in [3.8, 4) is 5.75 Å². The Morgan fingerprint density at radius 2 is 1.24 bits per heavy atom. The summed E-state index contributed by atoms with van der Waals surface area (Å²) in [5.41, 5.74) is 2.59. The molecule has 0 heterocycles. The van der Waals surface area contributed by atoms with Gasteiger partial charge in [-0.3, -0.25) is 0 Å².